The maximum atomic E-state index is 14.1. The predicted molar refractivity (Wildman–Crippen MR) is 138 cm³/mol. The van der Waals surface area contributed by atoms with E-state index >= 15 is 0 Å². The zero-order valence-corrected chi connectivity index (χ0v) is 21.2. The number of rotatable bonds is 10. The molecule has 0 saturated carbocycles. The van der Waals surface area contributed by atoms with Crippen LogP contribution in [0.2, 0.25) is 0 Å². The Labute approximate surface area is 206 Å². The number of halogens is 2. The third-order valence-electron chi connectivity index (χ3n) is 5.01. The number of esters is 1. The van der Waals surface area contributed by atoms with E-state index in [0.717, 1.165) is 36.5 Å². The van der Waals surface area contributed by atoms with Crippen molar-refractivity contribution in [1.82, 2.24) is 0 Å². The lowest BCUT2D eigenvalue weighted by atomic mass is 10.0. The Hall–Kier alpha value is -3.42. The Bertz CT molecular complexity index is 1060. The average molecular weight is 488 g/mol. The molecule has 0 unspecified atom stereocenters. The zero-order chi connectivity index (χ0) is 26.1. The highest BCUT2D eigenvalue weighted by Gasteiger charge is 2.18. The molecule has 0 aliphatic carbocycles. The summed E-state index contributed by atoms with van der Waals surface area (Å²) in [5, 5.41) is 5.24. The first-order valence-corrected chi connectivity index (χ1v) is 11.8. The van der Waals surface area contributed by atoms with E-state index in [9.17, 15) is 18.4 Å². The minimum absolute atomic E-state index is 0.138. The highest BCUT2D eigenvalue weighted by molar-refractivity contribution is 6.02. The standard InChI is InChI=1S/C27H35F2N3O3/c1-7-35-26(33)12-19(6)20-8-11-25(32(15-17(2)3)16-18(4)5)24(13-20)31-27(34)30-23-10-9-21(28)14-22(23)29/h8-14,17-18H,7,15-16H2,1-6H3,(H2,30,31,34). The van der Waals surface area contributed by atoms with Gasteiger partial charge in [-0.1, -0.05) is 33.8 Å². The van der Waals surface area contributed by atoms with Crippen molar-refractivity contribution in [1.29, 1.82) is 0 Å². The fourth-order valence-electron chi connectivity index (χ4n) is 3.62. The molecule has 2 N–H and O–H groups in total. The summed E-state index contributed by atoms with van der Waals surface area (Å²) in [6, 6.07) is 7.83. The summed E-state index contributed by atoms with van der Waals surface area (Å²) in [6.45, 7) is 13.8. The number of hydrogen-bond donors (Lipinski definition) is 2. The Kier molecular flexibility index (Phi) is 10.2. The van der Waals surface area contributed by atoms with Crippen LogP contribution in [0.5, 0.6) is 0 Å². The number of benzene rings is 2. The van der Waals surface area contributed by atoms with Crippen LogP contribution in [0, 0.1) is 23.5 Å². The Balaban J connectivity index is 2.45. The van der Waals surface area contributed by atoms with Crippen LogP contribution in [-0.2, 0) is 9.53 Å². The zero-order valence-electron chi connectivity index (χ0n) is 21.2. The number of nitrogens with one attached hydrogen (secondary N) is 2. The first kappa shape index (κ1) is 27.8. The summed E-state index contributed by atoms with van der Waals surface area (Å²) in [4.78, 5) is 26.9. The van der Waals surface area contributed by atoms with Gasteiger partial charge in [-0.25, -0.2) is 18.4 Å². The molecule has 2 rings (SSSR count). The van der Waals surface area contributed by atoms with Crippen LogP contribution in [0.4, 0.5) is 30.6 Å². The van der Waals surface area contributed by atoms with Gasteiger partial charge in [0.1, 0.15) is 11.6 Å². The van der Waals surface area contributed by atoms with Gasteiger partial charge in [0, 0.05) is 25.2 Å². The van der Waals surface area contributed by atoms with Gasteiger partial charge in [0.15, 0.2) is 0 Å². The molecule has 0 aliphatic heterocycles. The molecule has 0 heterocycles. The van der Waals surface area contributed by atoms with Crippen molar-refractivity contribution in [2.45, 2.75) is 41.5 Å². The Morgan fingerprint density at radius 1 is 0.971 bits per heavy atom. The van der Waals surface area contributed by atoms with E-state index in [0.29, 0.717) is 29.2 Å². The van der Waals surface area contributed by atoms with Crippen LogP contribution in [0.1, 0.15) is 47.1 Å². The summed E-state index contributed by atoms with van der Waals surface area (Å²) in [5.74, 6) is -1.31. The lowest BCUT2D eigenvalue weighted by Crippen LogP contribution is -2.32. The largest absolute Gasteiger partial charge is 0.463 e. The summed E-state index contributed by atoms with van der Waals surface area (Å²) in [7, 11) is 0. The molecule has 2 aromatic rings. The molecule has 0 aromatic heterocycles. The topological polar surface area (TPSA) is 70.7 Å². The van der Waals surface area contributed by atoms with Gasteiger partial charge >= 0.3 is 12.0 Å². The normalized spacial score (nSPS) is 11.5. The van der Waals surface area contributed by atoms with Crippen molar-refractivity contribution in [2.75, 3.05) is 35.2 Å². The lowest BCUT2D eigenvalue weighted by molar-refractivity contribution is -0.137. The van der Waals surface area contributed by atoms with Crippen molar-refractivity contribution in [3.05, 3.63) is 59.7 Å². The van der Waals surface area contributed by atoms with Gasteiger partial charge in [-0.05, 0) is 61.1 Å². The van der Waals surface area contributed by atoms with Crippen LogP contribution in [0.3, 0.4) is 0 Å². The molecular weight excluding hydrogens is 452 g/mol. The number of allylic oxidation sites excluding steroid dienone is 1. The van der Waals surface area contributed by atoms with Gasteiger partial charge in [-0.2, -0.15) is 0 Å². The molecule has 0 atom stereocenters. The molecule has 8 heteroatoms. The van der Waals surface area contributed by atoms with Crippen molar-refractivity contribution >= 4 is 34.6 Å². The van der Waals surface area contributed by atoms with E-state index in [-0.39, 0.29) is 12.3 Å². The summed E-state index contributed by atoms with van der Waals surface area (Å²) in [5.41, 5.74) is 2.55. The summed E-state index contributed by atoms with van der Waals surface area (Å²) in [6.07, 6.45) is 1.40. The predicted octanol–water partition coefficient (Wildman–Crippen LogP) is 6.69. The second-order valence-electron chi connectivity index (χ2n) is 9.21. The van der Waals surface area contributed by atoms with Crippen LogP contribution in [0.15, 0.2) is 42.5 Å². The van der Waals surface area contributed by atoms with E-state index in [1.807, 2.05) is 12.1 Å². The number of nitrogens with zero attached hydrogens (tertiary/aromatic N) is 1. The number of anilines is 3. The summed E-state index contributed by atoms with van der Waals surface area (Å²) < 4.78 is 32.3. The number of carbonyl (C=O) groups is 2. The van der Waals surface area contributed by atoms with Gasteiger partial charge in [0.05, 0.1) is 23.7 Å². The number of amides is 2. The maximum Gasteiger partial charge on any atom is 0.331 e. The molecule has 0 fully saturated rings. The molecule has 6 nitrogen and oxygen atoms in total. The van der Waals surface area contributed by atoms with Gasteiger partial charge in [0.2, 0.25) is 0 Å². The second-order valence-corrected chi connectivity index (χ2v) is 9.21. The first-order chi connectivity index (χ1) is 16.5. The highest BCUT2D eigenvalue weighted by atomic mass is 19.1. The average Bonchev–Trinajstić information content (AvgIpc) is 2.74. The molecule has 0 spiro atoms. The van der Waals surface area contributed by atoms with E-state index < -0.39 is 23.6 Å². The number of hydrogen-bond acceptors (Lipinski definition) is 4. The summed E-state index contributed by atoms with van der Waals surface area (Å²) >= 11 is 0. The lowest BCUT2D eigenvalue weighted by Gasteiger charge is -2.30. The van der Waals surface area contributed by atoms with Crippen LogP contribution in [0.25, 0.3) is 5.57 Å². The maximum absolute atomic E-state index is 14.1. The molecule has 0 aliphatic rings. The quantitative estimate of drug-likeness (QED) is 0.289. The molecule has 2 amide bonds. The third-order valence-corrected chi connectivity index (χ3v) is 5.01. The number of ether oxygens (including phenoxy) is 1. The first-order valence-electron chi connectivity index (χ1n) is 11.8. The highest BCUT2D eigenvalue weighted by Crippen LogP contribution is 2.31. The minimum atomic E-state index is -0.872. The van der Waals surface area contributed by atoms with Crippen LogP contribution >= 0.6 is 0 Å². The fourth-order valence-corrected chi connectivity index (χ4v) is 3.62. The molecule has 0 bridgehead atoms. The van der Waals surface area contributed by atoms with Crippen molar-refractivity contribution < 1.29 is 23.1 Å². The second kappa shape index (κ2) is 12.9. The van der Waals surface area contributed by atoms with Gasteiger partial charge in [0.25, 0.3) is 0 Å². The van der Waals surface area contributed by atoms with Crippen molar-refractivity contribution in [3.8, 4) is 0 Å². The third kappa shape index (κ3) is 8.70. The Morgan fingerprint density at radius 3 is 2.17 bits per heavy atom. The van der Waals surface area contributed by atoms with Crippen molar-refractivity contribution in [3.63, 3.8) is 0 Å². The fraction of sp³-hybridized carbons (Fsp3) is 0.407. The van der Waals surface area contributed by atoms with Gasteiger partial charge in [-0.15, -0.1) is 0 Å². The molecule has 0 saturated heterocycles. The van der Waals surface area contributed by atoms with E-state index in [1.54, 1.807) is 19.9 Å². The van der Waals surface area contributed by atoms with Crippen LogP contribution in [-0.4, -0.2) is 31.7 Å². The number of carbonyl (C=O) groups excluding carboxylic acids is 2. The molecule has 2 aromatic carbocycles. The molecule has 0 radical (unpaired) electrons. The monoisotopic (exact) mass is 487 g/mol. The molecular formula is C27H35F2N3O3. The van der Waals surface area contributed by atoms with Gasteiger partial charge < -0.3 is 20.3 Å². The molecule has 190 valence electrons. The van der Waals surface area contributed by atoms with E-state index in [1.165, 1.54) is 6.08 Å². The van der Waals surface area contributed by atoms with E-state index in [2.05, 4.69) is 43.2 Å². The van der Waals surface area contributed by atoms with Crippen molar-refractivity contribution in [2.24, 2.45) is 11.8 Å². The van der Waals surface area contributed by atoms with Crippen LogP contribution < -0.4 is 15.5 Å². The minimum Gasteiger partial charge on any atom is -0.463 e. The Morgan fingerprint density at radius 2 is 1.60 bits per heavy atom. The smallest absolute Gasteiger partial charge is 0.331 e. The SMILES string of the molecule is CCOC(=O)C=C(C)c1ccc(N(CC(C)C)CC(C)C)c(NC(=O)Nc2ccc(F)cc2F)c1. The number of urea groups is 1. The molecule has 35 heavy (non-hydrogen) atoms. The van der Waals surface area contributed by atoms with Gasteiger partial charge in [-0.3, -0.25) is 0 Å². The van der Waals surface area contributed by atoms with E-state index in [4.69, 9.17) is 4.74 Å².